The van der Waals surface area contributed by atoms with E-state index in [1.165, 1.54) is 17.4 Å². The molecule has 7 rings (SSSR count). The Bertz CT molecular complexity index is 1260. The summed E-state index contributed by atoms with van der Waals surface area (Å²) >= 11 is 1.42. The number of thiophene rings is 1. The molecular formula is C23H23FN6O2S. The molecule has 1 saturated heterocycles. The van der Waals surface area contributed by atoms with E-state index < -0.39 is 5.82 Å². The van der Waals surface area contributed by atoms with Gasteiger partial charge in [0, 0.05) is 24.7 Å². The van der Waals surface area contributed by atoms with E-state index in [1.54, 1.807) is 11.1 Å². The molecule has 3 saturated carbocycles. The second kappa shape index (κ2) is 7.44. The topological polar surface area (TPSA) is 100 Å². The first-order chi connectivity index (χ1) is 15.9. The summed E-state index contributed by atoms with van der Waals surface area (Å²) in [6, 6.07) is 2.95. The second-order valence-corrected chi connectivity index (χ2v) is 10.4. The molecule has 0 unspecified atom stereocenters. The van der Waals surface area contributed by atoms with Crippen molar-refractivity contribution in [3.05, 3.63) is 47.0 Å². The van der Waals surface area contributed by atoms with E-state index >= 15 is 0 Å². The van der Waals surface area contributed by atoms with Crippen LogP contribution in [0.3, 0.4) is 0 Å². The van der Waals surface area contributed by atoms with Gasteiger partial charge in [-0.1, -0.05) is 0 Å². The van der Waals surface area contributed by atoms with Crippen molar-refractivity contribution < 1.29 is 14.0 Å². The van der Waals surface area contributed by atoms with Crippen molar-refractivity contribution in [3.63, 3.8) is 0 Å². The molecule has 4 aliphatic rings. The third-order valence-corrected chi connectivity index (χ3v) is 8.01. The lowest BCUT2D eigenvalue weighted by Crippen LogP contribution is -2.67. The number of fused-ring (bicyclic) bond motifs is 1. The van der Waals surface area contributed by atoms with Crippen LogP contribution >= 0.6 is 11.3 Å². The lowest BCUT2D eigenvalue weighted by atomic mass is 9.44. The molecule has 3 aliphatic carbocycles. The number of likely N-dealkylation sites (tertiary alicyclic amines) is 1. The van der Waals surface area contributed by atoms with Crippen LogP contribution in [0, 0.1) is 17.2 Å². The number of carbonyl (C=O) groups excluding carboxylic acids is 2. The van der Waals surface area contributed by atoms with Crippen LogP contribution in [0.2, 0.25) is 0 Å². The summed E-state index contributed by atoms with van der Waals surface area (Å²) < 4.78 is 14.3. The lowest BCUT2D eigenvalue weighted by Gasteiger charge is -2.60. The SMILES string of the molecule is C[C@H](Nc1nc(C(=O)N2CC(NC(=O)C34CC(C3)C4)C2)c2sccc2n1)c1cncc(F)c1. The van der Waals surface area contributed by atoms with Crippen LogP contribution in [0.1, 0.15) is 48.3 Å². The summed E-state index contributed by atoms with van der Waals surface area (Å²) in [5.74, 6) is 0.611. The summed E-state index contributed by atoms with van der Waals surface area (Å²) in [7, 11) is 0. The van der Waals surface area contributed by atoms with Crippen LogP contribution in [0.5, 0.6) is 0 Å². The van der Waals surface area contributed by atoms with E-state index in [4.69, 9.17) is 0 Å². The maximum absolute atomic E-state index is 13.5. The van der Waals surface area contributed by atoms with Crippen molar-refractivity contribution in [2.24, 2.45) is 11.3 Å². The molecule has 4 fully saturated rings. The highest BCUT2D eigenvalue weighted by molar-refractivity contribution is 7.17. The van der Waals surface area contributed by atoms with E-state index in [0.29, 0.717) is 35.8 Å². The van der Waals surface area contributed by atoms with Crippen LogP contribution in [0.15, 0.2) is 29.9 Å². The predicted molar refractivity (Wildman–Crippen MR) is 121 cm³/mol. The van der Waals surface area contributed by atoms with Gasteiger partial charge < -0.3 is 15.5 Å². The van der Waals surface area contributed by atoms with E-state index in [-0.39, 0.29) is 29.3 Å². The minimum Gasteiger partial charge on any atom is -0.349 e. The number of rotatable bonds is 6. The Morgan fingerprint density at radius 3 is 2.73 bits per heavy atom. The highest BCUT2D eigenvalue weighted by Gasteiger charge is 2.61. The van der Waals surface area contributed by atoms with Gasteiger partial charge in [0.25, 0.3) is 5.91 Å². The van der Waals surface area contributed by atoms with Crippen LogP contribution in [0.4, 0.5) is 10.3 Å². The number of anilines is 1. The number of nitrogens with zero attached hydrogens (tertiary/aromatic N) is 4. The number of carbonyl (C=O) groups is 2. The fraction of sp³-hybridized carbons (Fsp3) is 0.435. The third kappa shape index (κ3) is 3.43. The average molecular weight is 467 g/mol. The van der Waals surface area contributed by atoms with Gasteiger partial charge in [0.1, 0.15) is 5.82 Å². The maximum Gasteiger partial charge on any atom is 0.274 e. The zero-order valence-corrected chi connectivity index (χ0v) is 18.9. The van der Waals surface area contributed by atoms with E-state index in [2.05, 4.69) is 25.6 Å². The smallest absolute Gasteiger partial charge is 0.274 e. The van der Waals surface area contributed by atoms with Gasteiger partial charge in [-0.25, -0.2) is 14.4 Å². The molecule has 1 aliphatic heterocycles. The first-order valence-electron chi connectivity index (χ1n) is 11.1. The fourth-order valence-electron chi connectivity index (χ4n) is 5.00. The summed E-state index contributed by atoms with van der Waals surface area (Å²) in [5.41, 5.74) is 1.56. The minimum atomic E-state index is -0.417. The molecule has 0 radical (unpaired) electrons. The maximum atomic E-state index is 13.5. The first kappa shape index (κ1) is 20.5. The zero-order valence-electron chi connectivity index (χ0n) is 18.0. The molecule has 170 valence electrons. The van der Waals surface area contributed by atoms with Crippen molar-refractivity contribution in [2.75, 3.05) is 18.4 Å². The highest BCUT2D eigenvalue weighted by Crippen LogP contribution is 2.64. The molecule has 4 heterocycles. The molecule has 1 atom stereocenters. The van der Waals surface area contributed by atoms with Gasteiger partial charge >= 0.3 is 0 Å². The molecule has 8 nitrogen and oxygen atoms in total. The molecule has 0 spiro atoms. The number of aromatic nitrogens is 3. The predicted octanol–water partition coefficient (Wildman–Crippen LogP) is 3.14. The Morgan fingerprint density at radius 1 is 1.24 bits per heavy atom. The zero-order chi connectivity index (χ0) is 22.7. The third-order valence-electron chi connectivity index (χ3n) is 7.10. The number of hydrogen-bond donors (Lipinski definition) is 2. The van der Waals surface area contributed by atoms with E-state index in [9.17, 15) is 14.0 Å². The molecule has 2 amide bonds. The molecule has 10 heteroatoms. The van der Waals surface area contributed by atoms with Crippen molar-refractivity contribution in [2.45, 2.75) is 38.3 Å². The van der Waals surface area contributed by atoms with Crippen LogP contribution in [0.25, 0.3) is 10.2 Å². The van der Waals surface area contributed by atoms with Crippen LogP contribution < -0.4 is 10.6 Å². The minimum absolute atomic E-state index is 0.00534. The highest BCUT2D eigenvalue weighted by atomic mass is 32.1. The number of pyridine rings is 1. The van der Waals surface area contributed by atoms with E-state index in [0.717, 1.165) is 36.1 Å². The standard InChI is InChI=1S/C23H23FN6O2S/c1-12(14-4-15(24)9-25-8-14)26-22-28-17-2-3-33-19(17)18(29-22)20(31)30-10-16(11-30)27-21(32)23-5-13(6-23)7-23/h2-4,8-9,12-13,16H,5-7,10-11H2,1H3,(H,27,32)(H,26,28,29)/t12-,13?,23?/m0/s1. The van der Waals surface area contributed by atoms with Gasteiger partial charge in [-0.15, -0.1) is 11.3 Å². The Labute approximate surface area is 193 Å². The molecule has 3 aromatic heterocycles. The van der Waals surface area contributed by atoms with Gasteiger partial charge in [0.15, 0.2) is 5.69 Å². The number of nitrogens with one attached hydrogen (secondary N) is 2. The monoisotopic (exact) mass is 466 g/mol. The Kier molecular flexibility index (Phi) is 4.62. The van der Waals surface area contributed by atoms with Crippen molar-refractivity contribution >= 4 is 39.3 Å². The van der Waals surface area contributed by atoms with Crippen LogP contribution in [-0.2, 0) is 4.79 Å². The summed E-state index contributed by atoms with van der Waals surface area (Å²) in [4.78, 5) is 40.4. The van der Waals surface area contributed by atoms with Crippen molar-refractivity contribution in [1.29, 1.82) is 0 Å². The molecule has 0 aromatic carbocycles. The molecule has 33 heavy (non-hydrogen) atoms. The summed E-state index contributed by atoms with van der Waals surface area (Å²) in [6.07, 6.45) is 5.79. The average Bonchev–Trinajstić information content (AvgIpc) is 3.15. The second-order valence-electron chi connectivity index (χ2n) is 9.47. The number of halogens is 1. The molecule has 3 aromatic rings. The molecular weight excluding hydrogens is 443 g/mol. The Morgan fingerprint density at radius 2 is 2.03 bits per heavy atom. The Hall–Kier alpha value is -3.14. The number of hydrogen-bond acceptors (Lipinski definition) is 7. The lowest BCUT2D eigenvalue weighted by molar-refractivity contribution is -0.166. The van der Waals surface area contributed by atoms with E-state index in [1.807, 2.05) is 18.4 Å². The largest absolute Gasteiger partial charge is 0.349 e. The van der Waals surface area contributed by atoms with Gasteiger partial charge in [-0.2, -0.15) is 0 Å². The molecule has 2 bridgehead atoms. The number of amides is 2. The van der Waals surface area contributed by atoms with Crippen molar-refractivity contribution in [1.82, 2.24) is 25.2 Å². The van der Waals surface area contributed by atoms with Crippen molar-refractivity contribution in [3.8, 4) is 0 Å². The first-order valence-corrected chi connectivity index (χ1v) is 12.0. The normalized spacial score (nSPS) is 24.4. The summed E-state index contributed by atoms with van der Waals surface area (Å²) in [6.45, 7) is 2.82. The Balaban J connectivity index is 1.16. The summed E-state index contributed by atoms with van der Waals surface area (Å²) in [5, 5.41) is 8.15. The molecule has 2 N–H and O–H groups in total. The van der Waals surface area contributed by atoms with Gasteiger partial charge in [-0.05, 0) is 55.2 Å². The fourth-order valence-corrected chi connectivity index (χ4v) is 5.81. The van der Waals surface area contributed by atoms with Gasteiger partial charge in [0.2, 0.25) is 11.9 Å². The van der Waals surface area contributed by atoms with Gasteiger partial charge in [0.05, 0.1) is 28.5 Å². The van der Waals surface area contributed by atoms with Gasteiger partial charge in [-0.3, -0.25) is 14.6 Å². The van der Waals surface area contributed by atoms with Crippen LogP contribution in [-0.4, -0.2) is 50.8 Å². The quantitative estimate of drug-likeness (QED) is 0.579.